The van der Waals surface area contributed by atoms with E-state index >= 15 is 0 Å². The lowest BCUT2D eigenvalue weighted by Crippen LogP contribution is -2.39. The van der Waals surface area contributed by atoms with Gasteiger partial charge < -0.3 is 10.0 Å². The standard InChI is InChI=1S/C18H18ClN5O2/c1-22-16(14(19)10-20-22)18(26)23-7-8-24-13(11-23)9-15(21-24)17(25)12-5-3-2-4-6-12/h2-6,9-10,17,25H,7-8,11H2,1H3/t17-/m0/s1. The van der Waals surface area contributed by atoms with Gasteiger partial charge in [-0.1, -0.05) is 41.9 Å². The molecule has 0 bridgehead atoms. The number of fused-ring (bicyclic) bond motifs is 1. The average molecular weight is 372 g/mol. The highest BCUT2D eigenvalue weighted by atomic mass is 35.5. The highest BCUT2D eigenvalue weighted by Crippen LogP contribution is 2.25. The molecule has 2 aromatic heterocycles. The Hall–Kier alpha value is -2.64. The van der Waals surface area contributed by atoms with E-state index in [2.05, 4.69) is 10.2 Å². The van der Waals surface area contributed by atoms with E-state index in [0.717, 1.165) is 11.3 Å². The topological polar surface area (TPSA) is 76.2 Å². The lowest BCUT2D eigenvalue weighted by atomic mass is 10.1. The second-order valence-electron chi connectivity index (χ2n) is 6.29. The summed E-state index contributed by atoms with van der Waals surface area (Å²) < 4.78 is 3.33. The van der Waals surface area contributed by atoms with Gasteiger partial charge in [0, 0.05) is 13.6 Å². The van der Waals surface area contributed by atoms with Crippen LogP contribution in [0.5, 0.6) is 0 Å². The smallest absolute Gasteiger partial charge is 0.274 e. The molecule has 0 aliphatic carbocycles. The van der Waals surface area contributed by atoms with Crippen molar-refractivity contribution < 1.29 is 9.90 Å². The second kappa shape index (κ2) is 6.59. The third-order valence-electron chi connectivity index (χ3n) is 4.60. The Balaban J connectivity index is 1.56. The monoisotopic (exact) mass is 371 g/mol. The fourth-order valence-corrected chi connectivity index (χ4v) is 3.45. The average Bonchev–Trinajstić information content (AvgIpc) is 3.23. The van der Waals surface area contributed by atoms with Crippen molar-refractivity contribution in [1.82, 2.24) is 24.5 Å². The number of halogens is 1. The molecule has 1 aliphatic heterocycles. The molecule has 1 atom stereocenters. The summed E-state index contributed by atoms with van der Waals surface area (Å²) >= 11 is 6.09. The lowest BCUT2D eigenvalue weighted by Gasteiger charge is -2.27. The third-order valence-corrected chi connectivity index (χ3v) is 4.87. The van der Waals surface area contributed by atoms with E-state index < -0.39 is 6.10 Å². The number of hydrogen-bond donors (Lipinski definition) is 1. The molecule has 1 amide bonds. The van der Waals surface area contributed by atoms with Crippen molar-refractivity contribution in [2.24, 2.45) is 7.05 Å². The third kappa shape index (κ3) is 2.89. The number of carbonyl (C=O) groups is 1. The van der Waals surface area contributed by atoms with Gasteiger partial charge in [-0.15, -0.1) is 0 Å². The summed E-state index contributed by atoms with van der Waals surface area (Å²) in [5, 5.41) is 19.4. The van der Waals surface area contributed by atoms with Crippen LogP contribution in [0, 0.1) is 0 Å². The summed E-state index contributed by atoms with van der Waals surface area (Å²) in [5.41, 5.74) is 2.63. The number of carbonyl (C=O) groups excluding carboxylic acids is 1. The highest BCUT2D eigenvalue weighted by Gasteiger charge is 2.28. The van der Waals surface area contributed by atoms with Crippen molar-refractivity contribution in [2.75, 3.05) is 6.54 Å². The first-order chi connectivity index (χ1) is 12.5. The van der Waals surface area contributed by atoms with E-state index in [1.807, 2.05) is 41.1 Å². The Morgan fingerprint density at radius 3 is 2.73 bits per heavy atom. The maximum absolute atomic E-state index is 12.8. The molecule has 7 nitrogen and oxygen atoms in total. The number of rotatable bonds is 3. The Kier molecular flexibility index (Phi) is 4.26. The molecular formula is C18H18ClN5O2. The number of aryl methyl sites for hydroxylation is 1. The van der Waals surface area contributed by atoms with Crippen LogP contribution < -0.4 is 0 Å². The van der Waals surface area contributed by atoms with Gasteiger partial charge in [0.05, 0.1) is 35.7 Å². The molecule has 3 heterocycles. The zero-order valence-corrected chi connectivity index (χ0v) is 15.0. The molecule has 26 heavy (non-hydrogen) atoms. The predicted octanol–water partition coefficient (Wildman–Crippen LogP) is 2.01. The normalized spacial score (nSPS) is 15.0. The molecular weight excluding hydrogens is 354 g/mol. The number of aromatic nitrogens is 4. The maximum Gasteiger partial charge on any atom is 0.274 e. The largest absolute Gasteiger partial charge is 0.382 e. The van der Waals surface area contributed by atoms with Gasteiger partial charge in [-0.05, 0) is 11.6 Å². The van der Waals surface area contributed by atoms with Gasteiger partial charge in [-0.3, -0.25) is 14.2 Å². The number of benzene rings is 1. The number of nitrogens with zero attached hydrogens (tertiary/aromatic N) is 5. The van der Waals surface area contributed by atoms with Crippen molar-refractivity contribution in [3.63, 3.8) is 0 Å². The van der Waals surface area contributed by atoms with Gasteiger partial charge in [-0.25, -0.2) is 0 Å². The number of aliphatic hydroxyl groups is 1. The van der Waals surface area contributed by atoms with E-state index in [1.165, 1.54) is 10.9 Å². The molecule has 0 fully saturated rings. The van der Waals surface area contributed by atoms with Gasteiger partial charge in [0.1, 0.15) is 11.8 Å². The molecule has 0 spiro atoms. The van der Waals surface area contributed by atoms with Gasteiger partial charge >= 0.3 is 0 Å². The predicted molar refractivity (Wildman–Crippen MR) is 95.7 cm³/mol. The molecule has 4 rings (SSSR count). The number of amides is 1. The van der Waals surface area contributed by atoms with Crippen LogP contribution >= 0.6 is 11.6 Å². The van der Waals surface area contributed by atoms with E-state index in [9.17, 15) is 9.90 Å². The summed E-state index contributed by atoms with van der Waals surface area (Å²) in [6, 6.07) is 11.2. The minimum Gasteiger partial charge on any atom is -0.382 e. The van der Waals surface area contributed by atoms with Crippen LogP contribution in [0.2, 0.25) is 5.02 Å². The van der Waals surface area contributed by atoms with Crippen LogP contribution in [0.1, 0.15) is 33.5 Å². The van der Waals surface area contributed by atoms with Crippen molar-refractivity contribution in [3.05, 3.63) is 70.3 Å². The molecule has 0 saturated heterocycles. The van der Waals surface area contributed by atoms with E-state index in [-0.39, 0.29) is 5.91 Å². The van der Waals surface area contributed by atoms with Gasteiger partial charge in [0.25, 0.3) is 5.91 Å². The van der Waals surface area contributed by atoms with Crippen LogP contribution in [0.15, 0.2) is 42.6 Å². The Morgan fingerprint density at radius 2 is 2.04 bits per heavy atom. The molecule has 1 aromatic carbocycles. The molecule has 0 saturated carbocycles. The summed E-state index contributed by atoms with van der Waals surface area (Å²) in [6.45, 7) is 1.50. The molecule has 3 aromatic rings. The van der Waals surface area contributed by atoms with Crippen LogP contribution in [0.3, 0.4) is 0 Å². The first-order valence-electron chi connectivity index (χ1n) is 8.31. The molecule has 0 unspecified atom stereocenters. The van der Waals surface area contributed by atoms with E-state index in [4.69, 9.17) is 11.6 Å². The van der Waals surface area contributed by atoms with Crippen molar-refractivity contribution >= 4 is 17.5 Å². The summed E-state index contributed by atoms with van der Waals surface area (Å²) in [7, 11) is 1.70. The summed E-state index contributed by atoms with van der Waals surface area (Å²) in [5.74, 6) is -0.160. The number of hydrogen-bond acceptors (Lipinski definition) is 4. The zero-order valence-electron chi connectivity index (χ0n) is 14.2. The Morgan fingerprint density at radius 1 is 1.27 bits per heavy atom. The number of aliphatic hydroxyl groups excluding tert-OH is 1. The van der Waals surface area contributed by atoms with E-state index in [1.54, 1.807) is 11.9 Å². The van der Waals surface area contributed by atoms with Crippen LogP contribution in [0.25, 0.3) is 0 Å². The Labute approximate surface area is 155 Å². The summed E-state index contributed by atoms with van der Waals surface area (Å²) in [4.78, 5) is 14.5. The van der Waals surface area contributed by atoms with Crippen LogP contribution in [-0.2, 0) is 20.1 Å². The van der Waals surface area contributed by atoms with E-state index in [0.29, 0.717) is 36.0 Å². The first-order valence-corrected chi connectivity index (χ1v) is 8.69. The minimum absolute atomic E-state index is 0.160. The SMILES string of the molecule is Cn1ncc(Cl)c1C(=O)N1CCn2nc([C@@H](O)c3ccccc3)cc2C1. The van der Waals surface area contributed by atoms with Crippen molar-refractivity contribution in [3.8, 4) is 0 Å². The summed E-state index contributed by atoms with van der Waals surface area (Å²) in [6.07, 6.45) is 0.682. The second-order valence-corrected chi connectivity index (χ2v) is 6.70. The van der Waals surface area contributed by atoms with Crippen molar-refractivity contribution in [2.45, 2.75) is 19.2 Å². The molecule has 0 radical (unpaired) electrons. The lowest BCUT2D eigenvalue weighted by molar-refractivity contribution is 0.0694. The molecule has 8 heteroatoms. The first kappa shape index (κ1) is 16.8. The van der Waals surface area contributed by atoms with Gasteiger partial charge in [-0.2, -0.15) is 10.2 Å². The zero-order chi connectivity index (χ0) is 18.3. The highest BCUT2D eigenvalue weighted by molar-refractivity contribution is 6.33. The molecule has 134 valence electrons. The van der Waals surface area contributed by atoms with Gasteiger partial charge in [0.2, 0.25) is 0 Å². The Bertz CT molecular complexity index is 930. The van der Waals surface area contributed by atoms with Crippen molar-refractivity contribution in [1.29, 1.82) is 0 Å². The van der Waals surface area contributed by atoms with Crippen LogP contribution in [-0.4, -0.2) is 42.0 Å². The minimum atomic E-state index is -0.787. The fourth-order valence-electron chi connectivity index (χ4n) is 3.20. The molecule has 1 aliphatic rings. The van der Waals surface area contributed by atoms with Crippen LogP contribution in [0.4, 0.5) is 0 Å². The quantitative estimate of drug-likeness (QED) is 0.764. The fraction of sp³-hybridized carbons (Fsp3) is 0.278. The molecule has 1 N–H and O–H groups in total. The maximum atomic E-state index is 12.8. The van der Waals surface area contributed by atoms with Gasteiger partial charge in [0.15, 0.2) is 0 Å².